The van der Waals surface area contributed by atoms with Crippen molar-refractivity contribution in [2.45, 2.75) is 40.0 Å². The maximum Gasteiger partial charge on any atom is 0.417 e. The molecule has 1 N–H and O–H groups in total. The second kappa shape index (κ2) is 8.10. The van der Waals surface area contributed by atoms with Gasteiger partial charge < -0.3 is 5.32 Å². The minimum atomic E-state index is -4.55. The van der Waals surface area contributed by atoms with E-state index in [1.807, 2.05) is 37.3 Å². The lowest BCUT2D eigenvalue weighted by atomic mass is 10.1. The molecule has 0 saturated carbocycles. The van der Waals surface area contributed by atoms with Crippen LogP contribution in [0.5, 0.6) is 0 Å². The van der Waals surface area contributed by atoms with Crippen molar-refractivity contribution in [2.24, 2.45) is 0 Å². The number of carbonyl (C=O) groups is 1. The van der Waals surface area contributed by atoms with Gasteiger partial charge in [-0.1, -0.05) is 30.3 Å². The maximum atomic E-state index is 13.5. The first-order valence-corrected chi connectivity index (χ1v) is 9.92. The summed E-state index contributed by atoms with van der Waals surface area (Å²) in [6.07, 6.45) is -4.55. The number of hydrogen-bond donors (Lipinski definition) is 1. The van der Waals surface area contributed by atoms with E-state index in [4.69, 9.17) is 0 Å². The third-order valence-electron chi connectivity index (χ3n) is 5.03. The summed E-state index contributed by atoms with van der Waals surface area (Å²) in [6, 6.07) is 12.5. The van der Waals surface area contributed by atoms with Crippen molar-refractivity contribution in [1.82, 2.24) is 24.5 Å². The highest BCUT2D eigenvalue weighted by molar-refractivity contribution is 5.91. The van der Waals surface area contributed by atoms with Gasteiger partial charge in [0.15, 0.2) is 11.5 Å². The van der Waals surface area contributed by atoms with Crippen LogP contribution in [0.3, 0.4) is 0 Å². The van der Waals surface area contributed by atoms with Crippen LogP contribution in [0.4, 0.5) is 19.0 Å². The molecule has 0 bridgehead atoms. The molecular formula is C22H21F3N6O. The number of nitrogens with zero attached hydrogens (tertiary/aromatic N) is 5. The Morgan fingerprint density at radius 2 is 1.75 bits per heavy atom. The number of benzene rings is 1. The molecule has 4 aromatic rings. The van der Waals surface area contributed by atoms with Gasteiger partial charge in [-0.2, -0.15) is 23.4 Å². The summed E-state index contributed by atoms with van der Waals surface area (Å²) in [5, 5.41) is 11.1. The molecule has 0 aliphatic carbocycles. The van der Waals surface area contributed by atoms with Crippen molar-refractivity contribution < 1.29 is 18.0 Å². The van der Waals surface area contributed by atoms with E-state index in [1.54, 1.807) is 10.7 Å². The third kappa shape index (κ3) is 4.34. The van der Waals surface area contributed by atoms with Gasteiger partial charge in [-0.25, -0.2) is 9.67 Å². The number of aryl methyl sites for hydroxylation is 3. The Kier molecular flexibility index (Phi) is 5.45. The highest BCUT2D eigenvalue weighted by Crippen LogP contribution is 2.36. The lowest BCUT2D eigenvalue weighted by Gasteiger charge is -2.10. The molecule has 0 aliphatic heterocycles. The molecule has 3 aromatic heterocycles. The predicted octanol–water partition coefficient (Wildman–Crippen LogP) is 4.26. The summed E-state index contributed by atoms with van der Waals surface area (Å²) in [7, 11) is 0. The number of fused-ring (bicyclic) bond motifs is 1. The molecule has 10 heteroatoms. The summed E-state index contributed by atoms with van der Waals surface area (Å²) < 4.78 is 43.4. The largest absolute Gasteiger partial charge is 0.417 e. The normalized spacial score (nSPS) is 11.8. The number of carbonyl (C=O) groups excluding carboxylic acids is 1. The number of amides is 1. The van der Waals surface area contributed by atoms with Crippen molar-refractivity contribution in [3.8, 4) is 0 Å². The molecule has 0 fully saturated rings. The summed E-state index contributed by atoms with van der Waals surface area (Å²) in [5.41, 5.74) is 1.50. The van der Waals surface area contributed by atoms with E-state index >= 15 is 0 Å². The van der Waals surface area contributed by atoms with Crippen molar-refractivity contribution >= 4 is 22.8 Å². The molecule has 0 atom stereocenters. The highest BCUT2D eigenvalue weighted by atomic mass is 19.4. The molecule has 0 saturated heterocycles. The number of rotatable bonds is 5. The summed E-state index contributed by atoms with van der Waals surface area (Å²) in [5.74, 6) is -0.104. The van der Waals surface area contributed by atoms with Crippen LogP contribution in [-0.4, -0.2) is 30.5 Å². The molecule has 32 heavy (non-hydrogen) atoms. The molecule has 166 valence electrons. The fourth-order valence-corrected chi connectivity index (χ4v) is 3.62. The smallest absolute Gasteiger partial charge is 0.308 e. The first kappa shape index (κ1) is 21.5. The van der Waals surface area contributed by atoms with Crippen molar-refractivity contribution in [3.63, 3.8) is 0 Å². The van der Waals surface area contributed by atoms with E-state index in [0.717, 1.165) is 17.3 Å². The average molecular weight is 442 g/mol. The van der Waals surface area contributed by atoms with Gasteiger partial charge in [0.2, 0.25) is 5.91 Å². The molecule has 1 amide bonds. The first-order chi connectivity index (χ1) is 15.1. The fourth-order valence-electron chi connectivity index (χ4n) is 3.62. The van der Waals surface area contributed by atoms with Crippen LogP contribution in [-0.2, 0) is 24.1 Å². The standard InChI is InChI=1S/C22H21F3N6O/c1-13-9-17(22(23,24)25)20-15(3)28-31(21(20)26-13)12-19(32)27-18-10-14(2)30(29-18)11-16-7-5-4-6-8-16/h4-10H,11-12H2,1-3H3,(H,27,29,32). The monoisotopic (exact) mass is 442 g/mol. The Bertz CT molecular complexity index is 1290. The van der Waals surface area contributed by atoms with Crippen LogP contribution < -0.4 is 5.32 Å². The average Bonchev–Trinajstić information content (AvgIpc) is 3.20. The Morgan fingerprint density at radius 3 is 2.44 bits per heavy atom. The number of pyridine rings is 1. The van der Waals surface area contributed by atoms with E-state index in [9.17, 15) is 18.0 Å². The summed E-state index contributed by atoms with van der Waals surface area (Å²) in [4.78, 5) is 16.8. The number of alkyl halides is 3. The zero-order chi connectivity index (χ0) is 23.0. The highest BCUT2D eigenvalue weighted by Gasteiger charge is 2.35. The second-order valence-electron chi connectivity index (χ2n) is 7.61. The Hall–Kier alpha value is -3.69. The van der Waals surface area contributed by atoms with Gasteiger partial charge >= 0.3 is 6.18 Å². The number of hydrogen-bond acceptors (Lipinski definition) is 4. The number of nitrogens with one attached hydrogen (secondary N) is 1. The van der Waals surface area contributed by atoms with Gasteiger partial charge in [0.25, 0.3) is 0 Å². The van der Waals surface area contributed by atoms with Crippen LogP contribution in [0.25, 0.3) is 11.0 Å². The van der Waals surface area contributed by atoms with E-state index in [0.29, 0.717) is 12.4 Å². The van der Waals surface area contributed by atoms with E-state index in [1.165, 1.54) is 18.5 Å². The molecule has 1 aromatic carbocycles. The maximum absolute atomic E-state index is 13.5. The number of aromatic nitrogens is 5. The minimum Gasteiger partial charge on any atom is -0.308 e. The Morgan fingerprint density at radius 1 is 1.03 bits per heavy atom. The van der Waals surface area contributed by atoms with Gasteiger partial charge in [0.1, 0.15) is 6.54 Å². The molecule has 4 rings (SSSR count). The van der Waals surface area contributed by atoms with Gasteiger partial charge in [0, 0.05) is 17.5 Å². The van der Waals surface area contributed by atoms with Gasteiger partial charge in [-0.05, 0) is 32.4 Å². The quantitative estimate of drug-likeness (QED) is 0.501. The van der Waals surface area contributed by atoms with Gasteiger partial charge in [-0.3, -0.25) is 9.48 Å². The Labute approximate surface area is 181 Å². The van der Waals surface area contributed by atoms with Gasteiger partial charge in [0.05, 0.1) is 23.2 Å². The van der Waals surface area contributed by atoms with Gasteiger partial charge in [-0.15, -0.1) is 0 Å². The topological polar surface area (TPSA) is 77.6 Å². The van der Waals surface area contributed by atoms with Crippen molar-refractivity contribution in [1.29, 1.82) is 0 Å². The van der Waals surface area contributed by atoms with Crippen LogP contribution in [0.15, 0.2) is 42.5 Å². The molecule has 3 heterocycles. The zero-order valence-corrected chi connectivity index (χ0v) is 17.7. The number of anilines is 1. The van der Waals surface area contributed by atoms with Crippen LogP contribution >= 0.6 is 0 Å². The SMILES string of the molecule is Cc1cc(C(F)(F)F)c2c(C)nn(CC(=O)Nc3cc(C)n(Cc4ccccc4)n3)c2n1. The Balaban J connectivity index is 1.55. The number of halogens is 3. The first-order valence-electron chi connectivity index (χ1n) is 9.92. The predicted molar refractivity (Wildman–Crippen MR) is 113 cm³/mol. The van der Waals surface area contributed by atoms with Crippen LogP contribution in [0, 0.1) is 20.8 Å². The fraction of sp³-hybridized carbons (Fsp3) is 0.273. The summed E-state index contributed by atoms with van der Waals surface area (Å²) >= 11 is 0. The molecule has 7 nitrogen and oxygen atoms in total. The van der Waals surface area contributed by atoms with Crippen molar-refractivity contribution in [2.75, 3.05) is 5.32 Å². The van der Waals surface area contributed by atoms with E-state index < -0.39 is 17.6 Å². The minimum absolute atomic E-state index is 0.0239. The van der Waals surface area contributed by atoms with E-state index in [2.05, 4.69) is 20.5 Å². The lowest BCUT2D eigenvalue weighted by molar-refractivity contribution is -0.136. The van der Waals surface area contributed by atoms with Crippen LogP contribution in [0.2, 0.25) is 0 Å². The molecule has 0 spiro atoms. The summed E-state index contributed by atoms with van der Waals surface area (Å²) in [6.45, 7) is 5.08. The zero-order valence-electron chi connectivity index (χ0n) is 17.7. The molecule has 0 aliphatic rings. The van der Waals surface area contributed by atoms with E-state index in [-0.39, 0.29) is 29.0 Å². The second-order valence-corrected chi connectivity index (χ2v) is 7.61. The molecule has 0 radical (unpaired) electrons. The van der Waals surface area contributed by atoms with Crippen LogP contribution in [0.1, 0.15) is 28.2 Å². The third-order valence-corrected chi connectivity index (χ3v) is 5.03. The molecule has 0 unspecified atom stereocenters. The molecular weight excluding hydrogens is 421 g/mol. The lowest BCUT2D eigenvalue weighted by Crippen LogP contribution is -2.20. The van der Waals surface area contributed by atoms with Crippen molar-refractivity contribution in [3.05, 3.63) is 70.7 Å².